The monoisotopic (exact) mass is 228 g/mol. The highest BCUT2D eigenvalue weighted by Crippen LogP contribution is 2.21. The van der Waals surface area contributed by atoms with Crippen molar-refractivity contribution in [1.29, 1.82) is 0 Å². The molecule has 2 aliphatic heterocycles. The van der Waals surface area contributed by atoms with Gasteiger partial charge < -0.3 is 20.5 Å². The second-order valence-corrected chi connectivity index (χ2v) is 4.97. The van der Waals surface area contributed by atoms with Gasteiger partial charge in [-0.2, -0.15) is 0 Å². The summed E-state index contributed by atoms with van der Waals surface area (Å²) in [5.74, 6) is 0. The lowest BCUT2D eigenvalue weighted by Crippen LogP contribution is -2.53. The van der Waals surface area contributed by atoms with Crippen LogP contribution in [0.4, 0.5) is 0 Å². The maximum Gasteiger partial charge on any atom is 0.0700 e. The predicted molar refractivity (Wildman–Crippen MR) is 63.4 cm³/mol. The Balaban J connectivity index is 1.81. The highest BCUT2D eigenvalue weighted by molar-refractivity contribution is 4.91. The van der Waals surface area contributed by atoms with Gasteiger partial charge in [0.15, 0.2) is 0 Å². The molecule has 0 aromatic rings. The Morgan fingerprint density at radius 3 is 2.88 bits per heavy atom. The number of nitrogens with one attached hydrogen (secondary N) is 1. The van der Waals surface area contributed by atoms with Crippen molar-refractivity contribution in [3.63, 3.8) is 0 Å². The number of ether oxygens (including phenoxy) is 2. The molecule has 0 radical (unpaired) electrons. The minimum Gasteiger partial charge on any atom is -0.381 e. The molecule has 2 saturated heterocycles. The average molecular weight is 228 g/mol. The molecule has 0 aliphatic carbocycles. The summed E-state index contributed by atoms with van der Waals surface area (Å²) in [4.78, 5) is 0. The zero-order valence-electron chi connectivity index (χ0n) is 10.0. The largest absolute Gasteiger partial charge is 0.381 e. The van der Waals surface area contributed by atoms with Gasteiger partial charge in [0.25, 0.3) is 0 Å². The van der Waals surface area contributed by atoms with Crippen LogP contribution in [0.2, 0.25) is 0 Å². The van der Waals surface area contributed by atoms with Crippen LogP contribution in [0.1, 0.15) is 32.1 Å². The number of rotatable bonds is 4. The molecular weight excluding hydrogens is 204 g/mol. The zero-order valence-corrected chi connectivity index (χ0v) is 10.0. The molecule has 0 spiro atoms. The van der Waals surface area contributed by atoms with Crippen LogP contribution in [0, 0.1) is 0 Å². The summed E-state index contributed by atoms with van der Waals surface area (Å²) in [6.07, 6.45) is 6.03. The van der Waals surface area contributed by atoms with Crippen LogP contribution in [0.15, 0.2) is 0 Å². The Kier molecular flexibility index (Phi) is 4.58. The van der Waals surface area contributed by atoms with Gasteiger partial charge in [-0.25, -0.2) is 0 Å². The Morgan fingerprint density at radius 1 is 1.19 bits per heavy atom. The van der Waals surface area contributed by atoms with Gasteiger partial charge in [-0.3, -0.25) is 0 Å². The average Bonchev–Trinajstić information content (AvgIpc) is 2.72. The fourth-order valence-corrected chi connectivity index (χ4v) is 2.60. The third kappa shape index (κ3) is 3.17. The van der Waals surface area contributed by atoms with E-state index in [-0.39, 0.29) is 5.54 Å². The molecule has 0 aromatic heterocycles. The van der Waals surface area contributed by atoms with Gasteiger partial charge >= 0.3 is 0 Å². The molecule has 4 nitrogen and oxygen atoms in total. The molecule has 3 N–H and O–H groups in total. The topological polar surface area (TPSA) is 56.5 Å². The van der Waals surface area contributed by atoms with E-state index in [2.05, 4.69) is 5.32 Å². The Bertz CT molecular complexity index is 197. The zero-order chi connectivity index (χ0) is 11.3. The van der Waals surface area contributed by atoms with Gasteiger partial charge in [0.1, 0.15) is 0 Å². The van der Waals surface area contributed by atoms with Crippen LogP contribution in [0.3, 0.4) is 0 Å². The summed E-state index contributed by atoms with van der Waals surface area (Å²) in [5, 5.41) is 3.64. The van der Waals surface area contributed by atoms with Gasteiger partial charge in [-0.1, -0.05) is 0 Å². The summed E-state index contributed by atoms with van der Waals surface area (Å²) in [7, 11) is 0. The summed E-state index contributed by atoms with van der Waals surface area (Å²) in [6, 6.07) is 0. The third-order valence-electron chi connectivity index (χ3n) is 3.79. The lowest BCUT2D eigenvalue weighted by molar-refractivity contribution is 0.0961. The van der Waals surface area contributed by atoms with Crippen molar-refractivity contribution in [2.45, 2.75) is 43.7 Å². The van der Waals surface area contributed by atoms with Gasteiger partial charge in [-0.05, 0) is 32.1 Å². The van der Waals surface area contributed by atoms with E-state index >= 15 is 0 Å². The van der Waals surface area contributed by atoms with Crippen molar-refractivity contribution in [3.05, 3.63) is 0 Å². The van der Waals surface area contributed by atoms with Crippen LogP contribution in [-0.2, 0) is 9.47 Å². The van der Waals surface area contributed by atoms with Gasteiger partial charge in [0, 0.05) is 38.4 Å². The standard InChI is InChI=1S/C12H24N2O2/c13-10-12(4-2-6-15-8-5-12)14-9-11-3-1-7-16-11/h11,14H,1-10,13H2. The van der Waals surface area contributed by atoms with E-state index < -0.39 is 0 Å². The lowest BCUT2D eigenvalue weighted by Gasteiger charge is -2.33. The molecule has 16 heavy (non-hydrogen) atoms. The molecule has 0 aromatic carbocycles. The van der Waals surface area contributed by atoms with Crippen molar-refractivity contribution < 1.29 is 9.47 Å². The van der Waals surface area contributed by atoms with Crippen LogP contribution >= 0.6 is 0 Å². The van der Waals surface area contributed by atoms with Crippen molar-refractivity contribution in [3.8, 4) is 0 Å². The molecule has 2 atom stereocenters. The van der Waals surface area contributed by atoms with Gasteiger partial charge in [0.05, 0.1) is 6.10 Å². The smallest absolute Gasteiger partial charge is 0.0700 e. The number of hydrogen-bond acceptors (Lipinski definition) is 4. The maximum absolute atomic E-state index is 5.93. The fourth-order valence-electron chi connectivity index (χ4n) is 2.60. The molecule has 2 unspecified atom stereocenters. The Labute approximate surface area is 97.9 Å². The first-order valence-corrected chi connectivity index (χ1v) is 6.49. The van der Waals surface area contributed by atoms with Crippen molar-refractivity contribution in [2.75, 3.05) is 32.9 Å². The molecule has 0 saturated carbocycles. The summed E-state index contributed by atoms with van der Waals surface area (Å²) in [6.45, 7) is 4.27. The van der Waals surface area contributed by atoms with E-state index in [1.54, 1.807) is 0 Å². The van der Waals surface area contributed by atoms with Gasteiger partial charge in [0.2, 0.25) is 0 Å². The highest BCUT2D eigenvalue weighted by atomic mass is 16.5. The summed E-state index contributed by atoms with van der Waals surface area (Å²) >= 11 is 0. The first kappa shape index (κ1) is 12.3. The molecule has 4 heteroatoms. The van der Waals surface area contributed by atoms with E-state index in [9.17, 15) is 0 Å². The highest BCUT2D eigenvalue weighted by Gasteiger charge is 2.30. The normalized spacial score (nSPS) is 36.2. The molecule has 2 aliphatic rings. The number of nitrogens with two attached hydrogens (primary N) is 1. The first-order valence-electron chi connectivity index (χ1n) is 6.49. The van der Waals surface area contributed by atoms with Crippen molar-refractivity contribution in [1.82, 2.24) is 5.32 Å². The fraction of sp³-hybridized carbons (Fsp3) is 1.00. The second-order valence-electron chi connectivity index (χ2n) is 4.97. The van der Waals surface area contributed by atoms with E-state index in [0.29, 0.717) is 12.6 Å². The van der Waals surface area contributed by atoms with E-state index in [4.69, 9.17) is 15.2 Å². The quantitative estimate of drug-likeness (QED) is 0.742. The predicted octanol–water partition coefficient (Wildman–Crippen LogP) is 0.653. The lowest BCUT2D eigenvalue weighted by atomic mass is 9.90. The molecule has 2 rings (SSSR count). The molecule has 94 valence electrons. The van der Waals surface area contributed by atoms with Crippen LogP contribution in [0.5, 0.6) is 0 Å². The molecule has 2 heterocycles. The minimum atomic E-state index is 0.0858. The Hall–Kier alpha value is -0.160. The number of hydrogen-bond donors (Lipinski definition) is 2. The first-order chi connectivity index (χ1) is 7.85. The summed E-state index contributed by atoms with van der Waals surface area (Å²) < 4.78 is 11.1. The second kappa shape index (κ2) is 5.96. The van der Waals surface area contributed by atoms with Crippen molar-refractivity contribution >= 4 is 0 Å². The maximum atomic E-state index is 5.93. The molecule has 0 bridgehead atoms. The van der Waals surface area contributed by atoms with E-state index in [0.717, 1.165) is 45.6 Å². The van der Waals surface area contributed by atoms with Crippen LogP contribution in [-0.4, -0.2) is 44.6 Å². The van der Waals surface area contributed by atoms with Gasteiger partial charge in [-0.15, -0.1) is 0 Å². The third-order valence-corrected chi connectivity index (χ3v) is 3.79. The Morgan fingerprint density at radius 2 is 2.12 bits per heavy atom. The van der Waals surface area contributed by atoms with Crippen LogP contribution < -0.4 is 11.1 Å². The molecular formula is C12H24N2O2. The van der Waals surface area contributed by atoms with E-state index in [1.807, 2.05) is 0 Å². The molecule has 2 fully saturated rings. The van der Waals surface area contributed by atoms with Crippen LogP contribution in [0.25, 0.3) is 0 Å². The SMILES string of the molecule is NCC1(NCC2CCCO2)CCCOCC1. The molecule has 0 amide bonds. The van der Waals surface area contributed by atoms with Crippen molar-refractivity contribution in [2.24, 2.45) is 5.73 Å². The summed E-state index contributed by atoms with van der Waals surface area (Å²) in [5.41, 5.74) is 6.02. The van der Waals surface area contributed by atoms with E-state index in [1.165, 1.54) is 12.8 Å². The minimum absolute atomic E-state index is 0.0858.